The van der Waals surface area contributed by atoms with E-state index >= 15 is 0 Å². The largest absolute Gasteiger partial charge is 0.494 e. The summed E-state index contributed by atoms with van der Waals surface area (Å²) in [6, 6.07) is 24.3. The van der Waals surface area contributed by atoms with Crippen LogP contribution in [-0.4, -0.2) is 25.0 Å². The van der Waals surface area contributed by atoms with Crippen LogP contribution in [0.15, 0.2) is 78.9 Å². The molecule has 1 atom stereocenters. The van der Waals surface area contributed by atoms with Crippen LogP contribution >= 0.6 is 0 Å². The van der Waals surface area contributed by atoms with Crippen molar-refractivity contribution in [2.24, 2.45) is 0 Å². The van der Waals surface area contributed by atoms with E-state index in [1.54, 1.807) is 48.5 Å². The molecule has 3 aromatic rings. The summed E-state index contributed by atoms with van der Waals surface area (Å²) < 4.78 is 5.42. The van der Waals surface area contributed by atoms with Crippen LogP contribution in [0.1, 0.15) is 35.8 Å². The summed E-state index contributed by atoms with van der Waals surface area (Å²) in [5, 5.41) is 7.68. The van der Waals surface area contributed by atoms with Gasteiger partial charge in [0.05, 0.1) is 17.9 Å². The Balaban J connectivity index is 1.60. The molecule has 0 spiro atoms. The predicted octanol–water partition coefficient (Wildman–Crippen LogP) is 3.60. The second-order valence-electron chi connectivity index (χ2n) is 7.14. The first-order chi connectivity index (χ1) is 15.1. The van der Waals surface area contributed by atoms with Crippen molar-refractivity contribution in [1.29, 1.82) is 0 Å². The number of nitrogens with one attached hydrogen (secondary N) is 2. The number of hydrogen-bond acceptors (Lipinski definition) is 3. The van der Waals surface area contributed by atoms with Crippen LogP contribution < -0.4 is 20.7 Å². The highest BCUT2D eigenvalue weighted by atomic mass is 16.5. The van der Waals surface area contributed by atoms with Gasteiger partial charge >= 0.3 is 0 Å². The maximum absolute atomic E-state index is 12.8. The van der Waals surface area contributed by atoms with Gasteiger partial charge in [-0.3, -0.25) is 9.59 Å². The molecule has 31 heavy (non-hydrogen) atoms. The Labute approximate surface area is 182 Å². The highest BCUT2D eigenvalue weighted by molar-refractivity contribution is 6.10. The molecule has 3 rings (SSSR count). The zero-order valence-corrected chi connectivity index (χ0v) is 17.8. The van der Waals surface area contributed by atoms with Gasteiger partial charge in [-0.1, -0.05) is 42.5 Å². The molecule has 0 aromatic heterocycles. The van der Waals surface area contributed by atoms with E-state index in [0.29, 0.717) is 23.5 Å². The number of rotatable bonds is 9. The summed E-state index contributed by atoms with van der Waals surface area (Å²) in [4.78, 5) is 25.3. The van der Waals surface area contributed by atoms with E-state index in [1.165, 1.54) is 0 Å². The minimum absolute atomic E-state index is 0.158. The Kier molecular flexibility index (Phi) is 7.79. The predicted molar refractivity (Wildman–Crippen MR) is 122 cm³/mol. The van der Waals surface area contributed by atoms with Gasteiger partial charge in [0, 0.05) is 11.3 Å². The van der Waals surface area contributed by atoms with Gasteiger partial charge in [0.2, 0.25) is 0 Å². The average molecular weight is 419 g/mol. The van der Waals surface area contributed by atoms with Crippen molar-refractivity contribution in [3.05, 3.63) is 90.0 Å². The normalized spacial score (nSPS) is 11.4. The molecule has 6 nitrogen and oxygen atoms in total. The first-order valence-electron chi connectivity index (χ1n) is 10.4. The molecule has 0 aliphatic carbocycles. The molecular formula is C25H28N3O3+. The number of anilines is 2. The number of ether oxygens (including phenoxy) is 1. The molecule has 0 heterocycles. The van der Waals surface area contributed by atoms with E-state index in [4.69, 9.17) is 4.74 Å². The Bertz CT molecular complexity index is 1000. The standard InChI is InChI=1S/C25H27N3O3/c1-3-31-21-15-13-20(14-16-21)27-25(30)22-11-7-8-12-23(22)28-24(29)17-26-18(2)19-9-5-4-6-10-19/h4-16,18,26H,3,17H2,1-2H3,(H,27,30)(H,28,29)/p+1/t18-/m1/s1. The summed E-state index contributed by atoms with van der Waals surface area (Å²) in [5.41, 5.74) is 2.70. The summed E-state index contributed by atoms with van der Waals surface area (Å²) in [6.45, 7) is 4.81. The number of quaternary nitrogens is 1. The van der Waals surface area contributed by atoms with Crippen molar-refractivity contribution in [2.75, 3.05) is 23.8 Å². The molecule has 0 saturated heterocycles. The Morgan fingerprint density at radius 3 is 2.29 bits per heavy atom. The van der Waals surface area contributed by atoms with Gasteiger partial charge in [0.1, 0.15) is 11.8 Å². The second-order valence-corrected chi connectivity index (χ2v) is 7.14. The minimum Gasteiger partial charge on any atom is -0.494 e. The first-order valence-corrected chi connectivity index (χ1v) is 10.4. The number of para-hydroxylation sites is 1. The third-order valence-corrected chi connectivity index (χ3v) is 4.85. The van der Waals surface area contributed by atoms with E-state index in [2.05, 4.69) is 17.6 Å². The van der Waals surface area contributed by atoms with Crippen molar-refractivity contribution < 1.29 is 19.6 Å². The first kappa shape index (κ1) is 22.1. The topological polar surface area (TPSA) is 84.0 Å². The monoisotopic (exact) mass is 418 g/mol. The summed E-state index contributed by atoms with van der Waals surface area (Å²) >= 11 is 0. The van der Waals surface area contributed by atoms with Crippen molar-refractivity contribution in [1.82, 2.24) is 0 Å². The number of hydrogen-bond donors (Lipinski definition) is 3. The van der Waals surface area contributed by atoms with E-state index in [0.717, 1.165) is 11.3 Å². The van der Waals surface area contributed by atoms with Gasteiger partial charge < -0.3 is 20.7 Å². The van der Waals surface area contributed by atoms with E-state index < -0.39 is 0 Å². The lowest BCUT2D eigenvalue weighted by Crippen LogP contribution is -2.86. The SMILES string of the molecule is CCOc1ccc(NC(=O)c2ccccc2NC(=O)C[NH2+][C@H](C)c2ccccc2)cc1. The van der Waals surface area contributed by atoms with E-state index in [-0.39, 0.29) is 24.4 Å². The van der Waals surface area contributed by atoms with Gasteiger partial charge in [0.25, 0.3) is 11.8 Å². The van der Waals surface area contributed by atoms with Crippen molar-refractivity contribution in [2.45, 2.75) is 19.9 Å². The third kappa shape index (κ3) is 6.42. The van der Waals surface area contributed by atoms with Gasteiger partial charge in [0.15, 0.2) is 6.54 Å². The lowest BCUT2D eigenvalue weighted by molar-refractivity contribution is -0.682. The van der Waals surface area contributed by atoms with Crippen LogP contribution in [0.5, 0.6) is 5.75 Å². The molecule has 0 aliphatic heterocycles. The molecule has 4 N–H and O–H groups in total. The van der Waals surface area contributed by atoms with Gasteiger partial charge in [-0.15, -0.1) is 0 Å². The van der Waals surface area contributed by atoms with E-state index in [9.17, 15) is 9.59 Å². The van der Waals surface area contributed by atoms with Crippen LogP contribution in [0.2, 0.25) is 0 Å². The Morgan fingerprint density at radius 1 is 0.903 bits per heavy atom. The molecule has 160 valence electrons. The number of benzene rings is 3. The molecule has 0 saturated carbocycles. The zero-order valence-electron chi connectivity index (χ0n) is 17.8. The fourth-order valence-corrected chi connectivity index (χ4v) is 3.17. The molecule has 0 aliphatic rings. The lowest BCUT2D eigenvalue weighted by atomic mass is 10.1. The average Bonchev–Trinajstić information content (AvgIpc) is 2.80. The maximum atomic E-state index is 12.8. The fraction of sp³-hybridized carbons (Fsp3) is 0.200. The molecule has 0 radical (unpaired) electrons. The molecule has 0 unspecified atom stereocenters. The van der Waals surface area contributed by atoms with Gasteiger partial charge in [-0.2, -0.15) is 0 Å². The summed E-state index contributed by atoms with van der Waals surface area (Å²) in [7, 11) is 0. The van der Waals surface area contributed by atoms with Crippen molar-refractivity contribution in [3.63, 3.8) is 0 Å². The molecule has 2 amide bonds. The number of carbonyl (C=O) groups excluding carboxylic acids is 2. The number of nitrogens with two attached hydrogens (primary N) is 1. The quantitative estimate of drug-likeness (QED) is 0.496. The molecule has 3 aromatic carbocycles. The van der Waals surface area contributed by atoms with Crippen LogP contribution in [-0.2, 0) is 4.79 Å². The smallest absolute Gasteiger partial charge is 0.279 e. The van der Waals surface area contributed by atoms with Gasteiger partial charge in [-0.25, -0.2) is 0 Å². The van der Waals surface area contributed by atoms with Crippen molar-refractivity contribution >= 4 is 23.2 Å². The maximum Gasteiger partial charge on any atom is 0.279 e. The molecule has 6 heteroatoms. The highest BCUT2D eigenvalue weighted by Crippen LogP contribution is 2.19. The van der Waals surface area contributed by atoms with Crippen LogP contribution in [0.4, 0.5) is 11.4 Å². The van der Waals surface area contributed by atoms with Crippen LogP contribution in [0.3, 0.4) is 0 Å². The summed E-state index contributed by atoms with van der Waals surface area (Å²) in [5.74, 6) is 0.292. The third-order valence-electron chi connectivity index (χ3n) is 4.85. The molecule has 0 bridgehead atoms. The summed E-state index contributed by atoms with van der Waals surface area (Å²) in [6.07, 6.45) is 0. The van der Waals surface area contributed by atoms with Gasteiger partial charge in [-0.05, 0) is 50.2 Å². The van der Waals surface area contributed by atoms with Crippen molar-refractivity contribution in [3.8, 4) is 5.75 Å². The fourth-order valence-electron chi connectivity index (χ4n) is 3.17. The Morgan fingerprint density at radius 2 is 1.58 bits per heavy atom. The Hall–Kier alpha value is -3.64. The lowest BCUT2D eigenvalue weighted by Gasteiger charge is -2.13. The second kappa shape index (κ2) is 10.9. The zero-order chi connectivity index (χ0) is 22.1. The molecular weight excluding hydrogens is 390 g/mol. The minimum atomic E-state index is -0.290. The number of carbonyl (C=O) groups is 2. The highest BCUT2D eigenvalue weighted by Gasteiger charge is 2.16. The molecule has 0 fully saturated rings. The van der Waals surface area contributed by atoms with Crippen LogP contribution in [0.25, 0.3) is 0 Å². The van der Waals surface area contributed by atoms with E-state index in [1.807, 2.05) is 42.6 Å². The van der Waals surface area contributed by atoms with Crippen LogP contribution in [0, 0.1) is 0 Å². The number of amides is 2.